The summed E-state index contributed by atoms with van der Waals surface area (Å²) in [4.78, 5) is 17.5. The van der Waals surface area contributed by atoms with E-state index in [0.717, 1.165) is 18.3 Å². The summed E-state index contributed by atoms with van der Waals surface area (Å²) in [6, 6.07) is 10.5. The zero-order valence-corrected chi connectivity index (χ0v) is 15.9. The number of rotatable bonds is 2. The van der Waals surface area contributed by atoms with E-state index < -0.39 is 0 Å². The van der Waals surface area contributed by atoms with Gasteiger partial charge in [0.25, 0.3) is 0 Å². The number of esters is 1. The molecule has 5 aliphatic heterocycles. The Morgan fingerprint density at radius 1 is 1.31 bits per heavy atom. The highest BCUT2D eigenvalue weighted by Crippen LogP contribution is 2.68. The molecule has 6 aliphatic rings. The molecule has 0 amide bonds. The smallest absolute Gasteiger partial charge is 0.302 e. The fraction of sp³-hybridized carbons (Fsp3) is 0.682. The molecule has 4 saturated heterocycles. The van der Waals surface area contributed by atoms with Gasteiger partial charge in [-0.3, -0.25) is 9.69 Å². The molecular formula is C22H28N2O2. The number of carbonyl (C=O) groups excluding carboxylic acids is 1. The molecule has 0 radical (unpaired) electrons. The number of ether oxygens (including phenoxy) is 1. The second-order valence-electron chi connectivity index (χ2n) is 9.32. The standard InChI is InChI=1S/C22H28N2O2/c1-4-13-11-24-17-9-14(13)19-18(24)10-22(21(19)26-12(2)25)15-7-5-6-8-16(15)23(3)20(17)22/h5-8,13-14,17-21H,4,9-11H2,1-3H3/t13-,14+,17+,18+,19?,20+,21?,22-/m1/s1. The van der Waals surface area contributed by atoms with E-state index >= 15 is 0 Å². The molecule has 1 aromatic carbocycles. The van der Waals surface area contributed by atoms with Crippen LogP contribution in [0.15, 0.2) is 24.3 Å². The number of benzene rings is 1. The Balaban J connectivity index is 1.59. The normalized spacial score (nSPS) is 49.3. The summed E-state index contributed by atoms with van der Waals surface area (Å²) in [7, 11) is 2.27. The Morgan fingerprint density at radius 3 is 2.88 bits per heavy atom. The van der Waals surface area contributed by atoms with Gasteiger partial charge in [-0.2, -0.15) is 0 Å². The lowest BCUT2D eigenvalue weighted by Gasteiger charge is -2.60. The summed E-state index contributed by atoms with van der Waals surface area (Å²) in [6.07, 6.45) is 3.72. The van der Waals surface area contributed by atoms with Crippen molar-refractivity contribution in [1.82, 2.24) is 4.90 Å². The van der Waals surface area contributed by atoms with Crippen LogP contribution in [-0.4, -0.2) is 48.7 Å². The van der Waals surface area contributed by atoms with E-state index in [4.69, 9.17) is 4.74 Å². The summed E-state index contributed by atoms with van der Waals surface area (Å²) in [5.41, 5.74) is 2.78. The Hall–Kier alpha value is -1.55. The van der Waals surface area contributed by atoms with Crippen LogP contribution < -0.4 is 4.90 Å². The van der Waals surface area contributed by atoms with Gasteiger partial charge in [0, 0.05) is 44.2 Å². The highest BCUT2D eigenvalue weighted by atomic mass is 16.5. The van der Waals surface area contributed by atoms with Crippen molar-refractivity contribution in [1.29, 1.82) is 0 Å². The lowest BCUT2D eigenvalue weighted by Crippen LogP contribution is -2.69. The van der Waals surface area contributed by atoms with Crippen LogP contribution in [0.5, 0.6) is 0 Å². The van der Waals surface area contributed by atoms with Crippen LogP contribution in [0.4, 0.5) is 5.69 Å². The van der Waals surface area contributed by atoms with Crippen molar-refractivity contribution >= 4 is 11.7 Å². The van der Waals surface area contributed by atoms with Crippen LogP contribution in [0.1, 0.15) is 38.7 Å². The first-order chi connectivity index (χ1) is 12.6. The fourth-order valence-electron chi connectivity index (χ4n) is 8.08. The minimum atomic E-state index is -0.106. The third-order valence-electron chi connectivity index (χ3n) is 8.67. The van der Waals surface area contributed by atoms with Gasteiger partial charge in [0.15, 0.2) is 0 Å². The van der Waals surface area contributed by atoms with Gasteiger partial charge >= 0.3 is 5.97 Å². The number of piperidine rings is 4. The number of anilines is 1. The van der Waals surface area contributed by atoms with Crippen molar-refractivity contribution in [2.45, 2.75) is 62.8 Å². The molecule has 0 aromatic heterocycles. The molecule has 1 saturated carbocycles. The number of hydrogen-bond donors (Lipinski definition) is 0. The zero-order valence-electron chi connectivity index (χ0n) is 15.9. The number of nitrogens with zero attached hydrogens (tertiary/aromatic N) is 2. The molecule has 0 N–H and O–H groups in total. The maximum Gasteiger partial charge on any atom is 0.302 e. The Bertz CT molecular complexity index is 794. The van der Waals surface area contributed by atoms with Gasteiger partial charge < -0.3 is 9.64 Å². The molecule has 7 rings (SSSR count). The molecule has 5 bridgehead atoms. The van der Waals surface area contributed by atoms with Crippen LogP contribution in [0.25, 0.3) is 0 Å². The third-order valence-corrected chi connectivity index (χ3v) is 8.67. The van der Waals surface area contributed by atoms with Crippen LogP contribution in [-0.2, 0) is 14.9 Å². The number of fused-ring (bicyclic) bond motifs is 2. The van der Waals surface area contributed by atoms with Crippen molar-refractivity contribution in [3.8, 4) is 0 Å². The van der Waals surface area contributed by atoms with E-state index in [1.807, 2.05) is 0 Å². The largest absolute Gasteiger partial charge is 0.461 e. The summed E-state index contributed by atoms with van der Waals surface area (Å²) in [6.45, 7) is 5.18. The molecule has 4 nitrogen and oxygen atoms in total. The molecule has 1 aliphatic carbocycles. The van der Waals surface area contributed by atoms with Gasteiger partial charge in [-0.25, -0.2) is 0 Å². The molecule has 1 spiro atoms. The van der Waals surface area contributed by atoms with E-state index in [0.29, 0.717) is 24.0 Å². The van der Waals surface area contributed by atoms with Crippen molar-refractivity contribution in [3.05, 3.63) is 29.8 Å². The maximum atomic E-state index is 12.1. The molecule has 26 heavy (non-hydrogen) atoms. The molecule has 5 fully saturated rings. The summed E-state index contributed by atoms with van der Waals surface area (Å²) in [5, 5.41) is 0. The van der Waals surface area contributed by atoms with Gasteiger partial charge in [0.2, 0.25) is 0 Å². The first-order valence-corrected chi connectivity index (χ1v) is 10.3. The molecular weight excluding hydrogens is 324 g/mol. The van der Waals surface area contributed by atoms with Crippen molar-refractivity contribution in [2.75, 3.05) is 18.5 Å². The topological polar surface area (TPSA) is 32.8 Å². The molecule has 138 valence electrons. The molecule has 4 heteroatoms. The fourth-order valence-corrected chi connectivity index (χ4v) is 8.08. The lowest BCUT2D eigenvalue weighted by molar-refractivity contribution is -0.155. The second kappa shape index (κ2) is 4.83. The SMILES string of the molecule is CC[C@@H]1CN2[C@H]3C[C@@]45c6ccccc6N(C)[C@H]4[C@@H]2C[C@@H]1C3C5OC(C)=O. The predicted molar refractivity (Wildman–Crippen MR) is 100 cm³/mol. The predicted octanol–water partition coefficient (Wildman–Crippen LogP) is 2.81. The van der Waals surface area contributed by atoms with Crippen molar-refractivity contribution < 1.29 is 9.53 Å². The van der Waals surface area contributed by atoms with Gasteiger partial charge in [0.1, 0.15) is 6.10 Å². The van der Waals surface area contributed by atoms with Crippen molar-refractivity contribution in [2.24, 2.45) is 17.8 Å². The minimum absolute atomic E-state index is 0.00903. The quantitative estimate of drug-likeness (QED) is 0.767. The Labute approximate surface area is 155 Å². The average molecular weight is 352 g/mol. The van der Waals surface area contributed by atoms with Gasteiger partial charge in [-0.05, 0) is 36.3 Å². The van der Waals surface area contributed by atoms with Gasteiger partial charge in [0.05, 0.1) is 11.5 Å². The Kier molecular flexibility index (Phi) is 2.88. The summed E-state index contributed by atoms with van der Waals surface area (Å²) >= 11 is 0. The third kappa shape index (κ3) is 1.52. The first kappa shape index (κ1) is 15.5. The summed E-state index contributed by atoms with van der Waals surface area (Å²) < 4.78 is 6.22. The van der Waals surface area contributed by atoms with Gasteiger partial charge in [-0.1, -0.05) is 31.5 Å². The maximum absolute atomic E-state index is 12.1. The number of carbonyl (C=O) groups is 1. The zero-order chi connectivity index (χ0) is 17.8. The average Bonchev–Trinajstić information content (AvgIpc) is 3.04. The van der Waals surface area contributed by atoms with Gasteiger partial charge in [-0.15, -0.1) is 0 Å². The second-order valence-corrected chi connectivity index (χ2v) is 9.32. The van der Waals surface area contributed by atoms with E-state index in [9.17, 15) is 4.79 Å². The van der Waals surface area contributed by atoms with Crippen LogP contribution in [0, 0.1) is 17.8 Å². The Morgan fingerprint density at radius 2 is 2.12 bits per heavy atom. The van der Waals surface area contributed by atoms with E-state index in [-0.39, 0.29) is 17.5 Å². The van der Waals surface area contributed by atoms with Crippen LogP contribution in [0.3, 0.4) is 0 Å². The number of para-hydroxylation sites is 1. The highest BCUT2D eigenvalue weighted by Gasteiger charge is 2.76. The summed E-state index contributed by atoms with van der Waals surface area (Å²) in [5.74, 6) is 1.89. The molecule has 5 heterocycles. The number of likely N-dealkylation sites (N-methyl/N-ethyl adjacent to an activating group) is 1. The van der Waals surface area contributed by atoms with E-state index in [1.54, 1.807) is 6.92 Å². The number of hydrogen-bond acceptors (Lipinski definition) is 4. The first-order valence-electron chi connectivity index (χ1n) is 10.3. The minimum Gasteiger partial charge on any atom is -0.461 e. The molecule has 1 aromatic rings. The monoisotopic (exact) mass is 352 g/mol. The highest BCUT2D eigenvalue weighted by molar-refractivity contribution is 5.70. The van der Waals surface area contributed by atoms with Crippen molar-refractivity contribution in [3.63, 3.8) is 0 Å². The van der Waals surface area contributed by atoms with Crippen LogP contribution >= 0.6 is 0 Å². The molecule has 3 unspecified atom stereocenters. The van der Waals surface area contributed by atoms with E-state index in [2.05, 4.69) is 48.0 Å². The van der Waals surface area contributed by atoms with E-state index in [1.165, 1.54) is 30.6 Å². The molecule has 9 atom stereocenters. The lowest BCUT2D eigenvalue weighted by atomic mass is 9.63. The van der Waals surface area contributed by atoms with Crippen LogP contribution in [0.2, 0.25) is 0 Å².